The maximum atomic E-state index is 14.9. The summed E-state index contributed by atoms with van der Waals surface area (Å²) in [7, 11) is 0. The fourth-order valence-electron chi connectivity index (χ4n) is 2.61. The van der Waals surface area contributed by atoms with Crippen LogP contribution >= 0.6 is 0 Å². The number of carbonyl (C=O) groups excluding carboxylic acids is 2. The molecular weight excluding hydrogens is 404 g/mol. The molecule has 0 unspecified atom stereocenters. The molecular formula is C20H14F4N4O2. The van der Waals surface area contributed by atoms with E-state index in [4.69, 9.17) is 0 Å². The Bertz CT molecular complexity index is 1080. The molecule has 154 valence electrons. The molecule has 2 amide bonds. The van der Waals surface area contributed by atoms with Crippen molar-refractivity contribution in [3.8, 4) is 0 Å². The van der Waals surface area contributed by atoms with Gasteiger partial charge in [-0.1, -0.05) is 12.1 Å². The molecule has 3 aromatic rings. The normalized spacial score (nSPS) is 10.6. The lowest BCUT2D eigenvalue weighted by Gasteiger charge is -2.13. The largest absolute Gasteiger partial charge is 0.306 e. The van der Waals surface area contributed by atoms with Gasteiger partial charge in [0.05, 0.1) is 0 Å². The molecule has 0 fully saturated rings. The molecule has 0 aliphatic carbocycles. The average molecular weight is 418 g/mol. The van der Waals surface area contributed by atoms with Crippen molar-refractivity contribution >= 4 is 23.5 Å². The number of aryl methyl sites for hydroxylation is 2. The molecule has 0 saturated carbocycles. The number of amides is 2. The standard InChI is InChI=1S/C20H14F4N4O2/c1-9-5-3-7-25-17(9)27-19(29)11-13(21)12(15(23)16(24)14(11)22)20(30)28-18-10(2)6-4-8-26-18/h3-8H,1-2H3,(H,25,27,29)(H,26,28,30). The zero-order chi connectivity index (χ0) is 22.0. The van der Waals surface area contributed by atoms with Gasteiger partial charge in [-0.05, 0) is 37.1 Å². The number of halogens is 4. The van der Waals surface area contributed by atoms with Gasteiger partial charge in [-0.15, -0.1) is 0 Å². The van der Waals surface area contributed by atoms with Crippen molar-refractivity contribution in [3.63, 3.8) is 0 Å². The lowest BCUT2D eigenvalue weighted by atomic mass is 10.1. The first-order valence-corrected chi connectivity index (χ1v) is 8.54. The summed E-state index contributed by atoms with van der Waals surface area (Å²) in [4.78, 5) is 32.5. The van der Waals surface area contributed by atoms with E-state index in [1.807, 2.05) is 0 Å². The molecule has 1 aromatic carbocycles. The van der Waals surface area contributed by atoms with Gasteiger partial charge in [0.2, 0.25) is 0 Å². The lowest BCUT2D eigenvalue weighted by molar-refractivity contribution is 0.101. The first-order chi connectivity index (χ1) is 14.2. The van der Waals surface area contributed by atoms with Crippen LogP contribution in [-0.4, -0.2) is 21.8 Å². The third-order valence-corrected chi connectivity index (χ3v) is 4.20. The van der Waals surface area contributed by atoms with Crippen molar-refractivity contribution in [2.75, 3.05) is 10.6 Å². The molecule has 3 rings (SSSR count). The molecule has 6 nitrogen and oxygen atoms in total. The second-order valence-corrected chi connectivity index (χ2v) is 6.25. The van der Waals surface area contributed by atoms with Gasteiger partial charge in [0.1, 0.15) is 22.8 Å². The van der Waals surface area contributed by atoms with Gasteiger partial charge in [-0.3, -0.25) is 9.59 Å². The van der Waals surface area contributed by atoms with Crippen LogP contribution in [0.3, 0.4) is 0 Å². The predicted molar refractivity (Wildman–Crippen MR) is 100 cm³/mol. The molecule has 0 radical (unpaired) electrons. The Balaban J connectivity index is 2.04. The highest BCUT2D eigenvalue weighted by molar-refractivity contribution is 6.09. The number of anilines is 2. The zero-order valence-electron chi connectivity index (χ0n) is 15.7. The summed E-state index contributed by atoms with van der Waals surface area (Å²) in [5, 5.41) is 4.23. The molecule has 0 bridgehead atoms. The number of hydrogen-bond acceptors (Lipinski definition) is 4. The van der Waals surface area contributed by atoms with Crippen molar-refractivity contribution in [1.29, 1.82) is 0 Å². The second kappa shape index (κ2) is 8.27. The molecule has 30 heavy (non-hydrogen) atoms. The highest BCUT2D eigenvalue weighted by atomic mass is 19.2. The van der Waals surface area contributed by atoms with Crippen LogP contribution in [0.2, 0.25) is 0 Å². The maximum Gasteiger partial charge on any atom is 0.262 e. The first-order valence-electron chi connectivity index (χ1n) is 8.54. The molecule has 2 aromatic heterocycles. The van der Waals surface area contributed by atoms with E-state index in [-0.39, 0.29) is 11.6 Å². The Morgan fingerprint density at radius 2 is 1.10 bits per heavy atom. The van der Waals surface area contributed by atoms with Crippen LogP contribution in [-0.2, 0) is 0 Å². The molecule has 2 N–H and O–H groups in total. The third kappa shape index (κ3) is 3.84. The number of pyridine rings is 2. The maximum absolute atomic E-state index is 14.9. The summed E-state index contributed by atoms with van der Waals surface area (Å²) < 4.78 is 57.4. The average Bonchev–Trinajstić information content (AvgIpc) is 2.70. The molecule has 2 heterocycles. The number of nitrogens with zero attached hydrogens (tertiary/aromatic N) is 2. The van der Waals surface area contributed by atoms with Gasteiger partial charge in [0.15, 0.2) is 23.3 Å². The Hall–Kier alpha value is -3.82. The van der Waals surface area contributed by atoms with E-state index < -0.39 is 46.2 Å². The van der Waals surface area contributed by atoms with Crippen molar-refractivity contribution in [1.82, 2.24) is 9.97 Å². The molecule has 0 aliphatic heterocycles. The number of nitrogens with one attached hydrogen (secondary N) is 2. The monoisotopic (exact) mass is 418 g/mol. The summed E-state index contributed by atoms with van der Waals surface area (Å²) in [6, 6.07) is 6.25. The van der Waals surface area contributed by atoms with Crippen LogP contribution in [0, 0.1) is 37.1 Å². The predicted octanol–water partition coefficient (Wildman–Crippen LogP) is 4.15. The van der Waals surface area contributed by atoms with E-state index in [0.717, 1.165) is 0 Å². The highest BCUT2D eigenvalue weighted by Gasteiger charge is 2.33. The molecule has 0 aliphatic rings. The van der Waals surface area contributed by atoms with E-state index in [1.165, 1.54) is 12.4 Å². The number of benzene rings is 1. The summed E-state index contributed by atoms with van der Waals surface area (Å²) >= 11 is 0. The van der Waals surface area contributed by atoms with E-state index in [1.54, 1.807) is 38.1 Å². The van der Waals surface area contributed by atoms with Crippen LogP contribution in [0.25, 0.3) is 0 Å². The highest BCUT2D eigenvalue weighted by Crippen LogP contribution is 2.26. The second-order valence-electron chi connectivity index (χ2n) is 6.25. The van der Waals surface area contributed by atoms with Crippen LogP contribution < -0.4 is 10.6 Å². The first kappa shape index (κ1) is 20.9. The summed E-state index contributed by atoms with van der Waals surface area (Å²) in [5.74, 6) is -11.1. The van der Waals surface area contributed by atoms with Gasteiger partial charge in [0.25, 0.3) is 11.8 Å². The smallest absolute Gasteiger partial charge is 0.262 e. The van der Waals surface area contributed by atoms with Crippen LogP contribution in [0.1, 0.15) is 31.8 Å². The van der Waals surface area contributed by atoms with E-state index in [9.17, 15) is 27.2 Å². The van der Waals surface area contributed by atoms with Gasteiger partial charge in [-0.25, -0.2) is 27.5 Å². The number of carbonyl (C=O) groups is 2. The van der Waals surface area contributed by atoms with Crippen molar-refractivity contribution in [2.24, 2.45) is 0 Å². The minimum atomic E-state index is -2.16. The topological polar surface area (TPSA) is 84.0 Å². The summed E-state index contributed by atoms with van der Waals surface area (Å²) in [5.41, 5.74) is -2.00. The number of hydrogen-bond donors (Lipinski definition) is 2. The number of aromatic nitrogens is 2. The van der Waals surface area contributed by atoms with E-state index in [2.05, 4.69) is 20.6 Å². The Morgan fingerprint density at radius 1 is 0.700 bits per heavy atom. The van der Waals surface area contributed by atoms with Crippen LogP contribution in [0.5, 0.6) is 0 Å². The molecule has 0 atom stereocenters. The summed E-state index contributed by atoms with van der Waals surface area (Å²) in [6.07, 6.45) is 2.63. The van der Waals surface area contributed by atoms with E-state index in [0.29, 0.717) is 11.1 Å². The van der Waals surface area contributed by atoms with Crippen LogP contribution in [0.4, 0.5) is 29.2 Å². The lowest BCUT2D eigenvalue weighted by Crippen LogP contribution is -2.24. The molecule has 0 spiro atoms. The fourth-order valence-corrected chi connectivity index (χ4v) is 2.61. The van der Waals surface area contributed by atoms with Crippen molar-refractivity contribution in [3.05, 3.63) is 82.2 Å². The SMILES string of the molecule is Cc1cccnc1NC(=O)c1c(F)c(F)c(F)c(C(=O)Nc2ncccc2C)c1F. The van der Waals surface area contributed by atoms with Gasteiger partial charge >= 0.3 is 0 Å². The Morgan fingerprint density at radius 3 is 1.47 bits per heavy atom. The van der Waals surface area contributed by atoms with E-state index >= 15 is 0 Å². The van der Waals surface area contributed by atoms with Gasteiger partial charge in [-0.2, -0.15) is 0 Å². The minimum absolute atomic E-state index is 0.0406. The van der Waals surface area contributed by atoms with Crippen molar-refractivity contribution < 1.29 is 27.2 Å². The molecule has 10 heteroatoms. The zero-order valence-corrected chi connectivity index (χ0v) is 15.7. The molecule has 0 saturated heterocycles. The van der Waals surface area contributed by atoms with Gasteiger partial charge < -0.3 is 10.6 Å². The fraction of sp³-hybridized carbons (Fsp3) is 0.100. The quantitative estimate of drug-likeness (QED) is 0.379. The Labute approximate surface area is 168 Å². The number of rotatable bonds is 4. The summed E-state index contributed by atoms with van der Waals surface area (Å²) in [6.45, 7) is 3.13. The third-order valence-electron chi connectivity index (χ3n) is 4.20. The minimum Gasteiger partial charge on any atom is -0.306 e. The van der Waals surface area contributed by atoms with Gasteiger partial charge in [0, 0.05) is 12.4 Å². The van der Waals surface area contributed by atoms with Crippen LogP contribution in [0.15, 0.2) is 36.7 Å². The van der Waals surface area contributed by atoms with Crippen molar-refractivity contribution in [2.45, 2.75) is 13.8 Å². The Kier molecular flexibility index (Phi) is 5.77.